The van der Waals surface area contributed by atoms with Crippen molar-refractivity contribution in [2.24, 2.45) is 5.92 Å². The summed E-state index contributed by atoms with van der Waals surface area (Å²) in [5, 5.41) is 16.9. The van der Waals surface area contributed by atoms with Crippen LogP contribution in [0.4, 0.5) is 11.5 Å². The zero-order valence-corrected chi connectivity index (χ0v) is 10.6. The molecule has 0 aromatic carbocycles. The highest BCUT2D eigenvalue weighted by atomic mass is 16.6. The van der Waals surface area contributed by atoms with Crippen LogP contribution in [0, 0.1) is 16.0 Å². The molecule has 0 saturated heterocycles. The van der Waals surface area contributed by atoms with Crippen molar-refractivity contribution in [1.82, 2.24) is 15.3 Å². The summed E-state index contributed by atoms with van der Waals surface area (Å²) >= 11 is 0. The lowest BCUT2D eigenvalue weighted by atomic mass is 10.2. The van der Waals surface area contributed by atoms with E-state index in [1.807, 2.05) is 14.0 Å². The fraction of sp³-hybridized carbons (Fsp3) is 0.600. The highest BCUT2D eigenvalue weighted by Crippen LogP contribution is 2.30. The van der Waals surface area contributed by atoms with Gasteiger partial charge in [-0.15, -0.1) is 0 Å². The van der Waals surface area contributed by atoms with E-state index in [2.05, 4.69) is 20.6 Å². The maximum absolute atomic E-state index is 11.0. The average molecular weight is 255 g/mol. The molecule has 0 radical (unpaired) electrons. The molecule has 1 heterocycles. The first-order valence-electron chi connectivity index (χ1n) is 5.52. The first kappa shape index (κ1) is 14.1. The number of aromatic nitrogens is 2. The van der Waals surface area contributed by atoms with Gasteiger partial charge < -0.3 is 15.4 Å². The van der Waals surface area contributed by atoms with E-state index < -0.39 is 4.92 Å². The van der Waals surface area contributed by atoms with Gasteiger partial charge in [-0.2, -0.15) is 4.98 Å². The number of methoxy groups -OCH3 is 1. The molecule has 1 aromatic rings. The molecule has 2 N–H and O–H groups in total. The topological polar surface area (TPSA) is 102 Å². The number of hydrogen-bond donors (Lipinski definition) is 2. The lowest BCUT2D eigenvalue weighted by Gasteiger charge is -2.12. The average Bonchev–Trinajstić information content (AvgIpc) is 2.35. The van der Waals surface area contributed by atoms with E-state index in [0.717, 1.165) is 6.54 Å². The highest BCUT2D eigenvalue weighted by molar-refractivity contribution is 5.61. The van der Waals surface area contributed by atoms with E-state index in [4.69, 9.17) is 4.74 Å². The van der Waals surface area contributed by atoms with Gasteiger partial charge in [0.2, 0.25) is 5.82 Å². The van der Waals surface area contributed by atoms with Crippen LogP contribution >= 0.6 is 0 Å². The summed E-state index contributed by atoms with van der Waals surface area (Å²) < 4.78 is 4.86. The van der Waals surface area contributed by atoms with E-state index in [1.54, 1.807) is 0 Å². The Kier molecular flexibility index (Phi) is 5.25. The van der Waals surface area contributed by atoms with E-state index in [-0.39, 0.29) is 17.4 Å². The Morgan fingerprint density at radius 2 is 2.22 bits per heavy atom. The van der Waals surface area contributed by atoms with Crippen LogP contribution in [0.1, 0.15) is 6.92 Å². The molecule has 1 unspecified atom stereocenters. The SMILES string of the molecule is CNCC(C)CNc1ncnc(OC)c1[N+](=O)[O-]. The van der Waals surface area contributed by atoms with Crippen molar-refractivity contribution in [3.8, 4) is 5.88 Å². The molecule has 0 aliphatic carbocycles. The van der Waals surface area contributed by atoms with Gasteiger partial charge in [0, 0.05) is 6.54 Å². The van der Waals surface area contributed by atoms with Crippen LogP contribution in [0.5, 0.6) is 5.88 Å². The van der Waals surface area contributed by atoms with Gasteiger partial charge >= 0.3 is 5.69 Å². The molecule has 100 valence electrons. The molecule has 0 aliphatic rings. The second-order valence-electron chi connectivity index (χ2n) is 3.88. The fourth-order valence-electron chi connectivity index (χ4n) is 1.50. The molecule has 8 nitrogen and oxygen atoms in total. The normalized spacial score (nSPS) is 11.9. The minimum absolute atomic E-state index is 0.0428. The molecule has 0 saturated carbocycles. The first-order chi connectivity index (χ1) is 8.60. The Balaban J connectivity index is 2.85. The fourth-order valence-corrected chi connectivity index (χ4v) is 1.50. The van der Waals surface area contributed by atoms with E-state index >= 15 is 0 Å². The number of nitrogens with zero attached hydrogens (tertiary/aromatic N) is 3. The van der Waals surface area contributed by atoms with Crippen molar-refractivity contribution in [2.75, 3.05) is 32.6 Å². The van der Waals surface area contributed by atoms with Crippen LogP contribution in [0.25, 0.3) is 0 Å². The summed E-state index contributed by atoms with van der Waals surface area (Å²) in [6.07, 6.45) is 1.23. The second-order valence-corrected chi connectivity index (χ2v) is 3.88. The van der Waals surface area contributed by atoms with E-state index in [0.29, 0.717) is 12.5 Å². The van der Waals surface area contributed by atoms with Gasteiger partial charge in [0.05, 0.1) is 12.0 Å². The maximum Gasteiger partial charge on any atom is 0.372 e. The van der Waals surface area contributed by atoms with Gasteiger partial charge in [-0.25, -0.2) is 4.98 Å². The van der Waals surface area contributed by atoms with Crippen molar-refractivity contribution >= 4 is 11.5 Å². The Labute approximate surface area is 105 Å². The zero-order valence-electron chi connectivity index (χ0n) is 10.6. The third-order valence-corrected chi connectivity index (χ3v) is 2.34. The van der Waals surface area contributed by atoms with Crippen molar-refractivity contribution in [1.29, 1.82) is 0 Å². The van der Waals surface area contributed by atoms with Gasteiger partial charge in [-0.05, 0) is 19.5 Å². The number of ether oxygens (including phenoxy) is 1. The summed E-state index contributed by atoms with van der Waals surface area (Å²) in [6, 6.07) is 0. The summed E-state index contributed by atoms with van der Waals surface area (Å²) in [5.74, 6) is 0.448. The summed E-state index contributed by atoms with van der Waals surface area (Å²) in [5.41, 5.74) is -0.239. The smallest absolute Gasteiger partial charge is 0.372 e. The van der Waals surface area contributed by atoms with Crippen LogP contribution < -0.4 is 15.4 Å². The molecule has 18 heavy (non-hydrogen) atoms. The molecule has 1 rings (SSSR count). The van der Waals surface area contributed by atoms with E-state index in [1.165, 1.54) is 13.4 Å². The van der Waals surface area contributed by atoms with Crippen LogP contribution in [0.2, 0.25) is 0 Å². The monoisotopic (exact) mass is 255 g/mol. The number of nitrogens with one attached hydrogen (secondary N) is 2. The molecular formula is C10H17N5O3. The van der Waals surface area contributed by atoms with Crippen molar-refractivity contribution < 1.29 is 9.66 Å². The second kappa shape index (κ2) is 6.70. The molecule has 8 heteroatoms. The van der Waals surface area contributed by atoms with Crippen LogP contribution in [-0.4, -0.2) is 42.1 Å². The van der Waals surface area contributed by atoms with Crippen LogP contribution in [-0.2, 0) is 0 Å². The number of anilines is 1. The quantitative estimate of drug-likeness (QED) is 0.545. The van der Waals surface area contributed by atoms with Gasteiger partial charge in [0.25, 0.3) is 5.88 Å². The Hall–Kier alpha value is -1.96. The van der Waals surface area contributed by atoms with E-state index in [9.17, 15) is 10.1 Å². The Bertz CT molecular complexity index is 412. The molecule has 0 spiro atoms. The molecule has 0 amide bonds. The van der Waals surface area contributed by atoms with Crippen molar-refractivity contribution in [3.05, 3.63) is 16.4 Å². The Morgan fingerprint density at radius 3 is 2.78 bits per heavy atom. The first-order valence-corrected chi connectivity index (χ1v) is 5.52. The minimum atomic E-state index is -0.552. The highest BCUT2D eigenvalue weighted by Gasteiger charge is 2.23. The standard InChI is InChI=1S/C10H17N5O3/c1-7(4-11-2)5-12-9-8(15(16)17)10(18-3)14-6-13-9/h6-7,11H,4-5H2,1-3H3,(H,12,13,14). The molecule has 1 aromatic heterocycles. The zero-order chi connectivity index (χ0) is 13.5. The lowest BCUT2D eigenvalue weighted by molar-refractivity contribution is -0.385. The molecule has 1 atom stereocenters. The number of nitro groups is 1. The number of hydrogen-bond acceptors (Lipinski definition) is 7. The largest absolute Gasteiger partial charge is 0.476 e. The lowest BCUT2D eigenvalue weighted by Crippen LogP contribution is -2.23. The van der Waals surface area contributed by atoms with Gasteiger partial charge in [0.15, 0.2) is 0 Å². The third-order valence-electron chi connectivity index (χ3n) is 2.34. The molecule has 0 fully saturated rings. The van der Waals surface area contributed by atoms with Crippen molar-refractivity contribution in [2.45, 2.75) is 6.92 Å². The Morgan fingerprint density at radius 1 is 1.50 bits per heavy atom. The summed E-state index contributed by atoms with van der Waals surface area (Å²) in [6.45, 7) is 3.40. The predicted molar refractivity (Wildman–Crippen MR) is 66.8 cm³/mol. The van der Waals surface area contributed by atoms with Crippen molar-refractivity contribution in [3.63, 3.8) is 0 Å². The predicted octanol–water partition coefficient (Wildman–Crippen LogP) is 0.661. The van der Waals surface area contributed by atoms with Crippen LogP contribution in [0.3, 0.4) is 0 Å². The molecule has 0 bridgehead atoms. The summed E-state index contributed by atoms with van der Waals surface area (Å²) in [4.78, 5) is 18.0. The minimum Gasteiger partial charge on any atom is -0.476 e. The number of rotatable bonds is 7. The third kappa shape index (κ3) is 3.52. The molecule has 0 aliphatic heterocycles. The molecular weight excluding hydrogens is 238 g/mol. The van der Waals surface area contributed by atoms with Gasteiger partial charge in [0.1, 0.15) is 6.33 Å². The maximum atomic E-state index is 11.0. The van der Waals surface area contributed by atoms with Gasteiger partial charge in [-0.3, -0.25) is 10.1 Å². The van der Waals surface area contributed by atoms with Crippen LogP contribution in [0.15, 0.2) is 6.33 Å². The summed E-state index contributed by atoms with van der Waals surface area (Å²) in [7, 11) is 3.19. The van der Waals surface area contributed by atoms with Gasteiger partial charge in [-0.1, -0.05) is 6.92 Å².